The molecule has 0 aliphatic carbocycles. The lowest BCUT2D eigenvalue weighted by Crippen LogP contribution is -2.42. The number of aromatic nitrogens is 1. The van der Waals surface area contributed by atoms with Gasteiger partial charge >= 0.3 is 5.97 Å². The van der Waals surface area contributed by atoms with Crippen LogP contribution in [0, 0.1) is 11.8 Å². The Labute approximate surface area is 244 Å². The third-order valence-corrected chi connectivity index (χ3v) is 9.50. The molecule has 41 heavy (non-hydrogen) atoms. The summed E-state index contributed by atoms with van der Waals surface area (Å²) in [7, 11) is -3.75. The first-order valence-electron chi connectivity index (χ1n) is 13.4. The Morgan fingerprint density at radius 1 is 0.927 bits per heavy atom. The minimum Gasteiger partial charge on any atom is -0.452 e. The van der Waals surface area contributed by atoms with Crippen molar-refractivity contribution >= 4 is 38.4 Å². The molecule has 0 radical (unpaired) electrons. The van der Waals surface area contributed by atoms with Gasteiger partial charge in [-0.15, -0.1) is 11.3 Å². The molecule has 1 amide bonds. The van der Waals surface area contributed by atoms with Crippen LogP contribution in [0.3, 0.4) is 0 Å². The molecule has 212 valence electrons. The number of carbonyl (C=O) groups is 2. The lowest BCUT2D eigenvalue weighted by molar-refractivity contribution is -0.119. The molecule has 0 saturated carbocycles. The number of rotatable bonds is 8. The predicted octanol–water partition coefficient (Wildman–Crippen LogP) is 5.94. The molecule has 3 aromatic carbocycles. The van der Waals surface area contributed by atoms with Gasteiger partial charge in [0, 0.05) is 24.0 Å². The van der Waals surface area contributed by atoms with Crippen LogP contribution < -0.4 is 5.32 Å². The second kappa shape index (κ2) is 12.3. The quantitative estimate of drug-likeness (QED) is 0.255. The molecule has 1 aliphatic rings. The van der Waals surface area contributed by atoms with Gasteiger partial charge in [0.15, 0.2) is 11.7 Å². The molecule has 1 fully saturated rings. The maximum atomic E-state index is 13.2. The zero-order chi connectivity index (χ0) is 29.0. The second-order valence-electron chi connectivity index (χ2n) is 10.4. The van der Waals surface area contributed by atoms with Crippen molar-refractivity contribution < 1.29 is 22.7 Å². The number of esters is 1. The monoisotopic (exact) mass is 589 g/mol. The highest BCUT2D eigenvalue weighted by molar-refractivity contribution is 7.89. The highest BCUT2D eigenvalue weighted by atomic mass is 32.2. The van der Waals surface area contributed by atoms with Gasteiger partial charge in [-0.1, -0.05) is 74.5 Å². The molecular weight excluding hydrogens is 558 g/mol. The van der Waals surface area contributed by atoms with Crippen molar-refractivity contribution in [2.24, 2.45) is 11.8 Å². The van der Waals surface area contributed by atoms with Gasteiger partial charge in [-0.05, 0) is 47.6 Å². The summed E-state index contributed by atoms with van der Waals surface area (Å²) in [5.41, 5.74) is 3.92. The topological polar surface area (TPSA) is 106 Å². The summed E-state index contributed by atoms with van der Waals surface area (Å²) >= 11 is 1.27. The van der Waals surface area contributed by atoms with E-state index in [0.717, 1.165) is 28.8 Å². The van der Waals surface area contributed by atoms with E-state index in [0.29, 0.717) is 18.2 Å². The number of ether oxygens (including phenoxy) is 1. The van der Waals surface area contributed by atoms with Gasteiger partial charge in [0.25, 0.3) is 5.91 Å². The van der Waals surface area contributed by atoms with Crippen molar-refractivity contribution in [3.05, 3.63) is 89.8 Å². The minimum absolute atomic E-state index is 0.0322. The summed E-state index contributed by atoms with van der Waals surface area (Å²) in [5.74, 6) is -0.807. The average molecular weight is 590 g/mol. The molecule has 0 spiro atoms. The van der Waals surface area contributed by atoms with Gasteiger partial charge in [0.1, 0.15) is 0 Å². The molecule has 1 aromatic heterocycles. The van der Waals surface area contributed by atoms with Crippen LogP contribution in [-0.4, -0.2) is 49.3 Å². The Morgan fingerprint density at radius 2 is 1.59 bits per heavy atom. The number of anilines is 1. The van der Waals surface area contributed by atoms with Crippen molar-refractivity contribution in [3.63, 3.8) is 0 Å². The summed E-state index contributed by atoms with van der Waals surface area (Å²) in [6.07, 6.45) is 0.977. The molecule has 4 aromatic rings. The maximum Gasteiger partial charge on any atom is 0.338 e. The number of nitrogens with one attached hydrogen (secondary N) is 1. The Balaban J connectivity index is 1.17. The van der Waals surface area contributed by atoms with Crippen molar-refractivity contribution in [1.82, 2.24) is 9.29 Å². The standard InChI is InChI=1S/C31H31N3O5S2/c1-21-15-22(2)18-34(17-21)41(37,38)27-10-6-9-26(16-27)30(36)39-19-29(35)33-31-32-28(20-40-31)25-13-11-24(12-14-25)23-7-4-3-5-8-23/h3-14,16,20-22H,15,17-19H2,1-2H3,(H,32,33,35). The van der Waals surface area contributed by atoms with Crippen molar-refractivity contribution in [3.8, 4) is 22.4 Å². The van der Waals surface area contributed by atoms with Crippen molar-refractivity contribution in [2.45, 2.75) is 25.2 Å². The van der Waals surface area contributed by atoms with Gasteiger partial charge in [-0.3, -0.25) is 10.1 Å². The Hall–Kier alpha value is -3.86. The highest BCUT2D eigenvalue weighted by Gasteiger charge is 2.32. The zero-order valence-corrected chi connectivity index (χ0v) is 24.5. The first-order chi connectivity index (χ1) is 19.7. The van der Waals surface area contributed by atoms with Gasteiger partial charge < -0.3 is 4.74 Å². The second-order valence-corrected chi connectivity index (χ2v) is 13.2. The number of hydrogen-bond acceptors (Lipinski definition) is 7. The third kappa shape index (κ3) is 6.90. The van der Waals surface area contributed by atoms with Gasteiger partial charge in [-0.25, -0.2) is 18.2 Å². The van der Waals surface area contributed by atoms with Gasteiger partial charge in [0.05, 0.1) is 16.2 Å². The number of thiazole rings is 1. The molecule has 2 unspecified atom stereocenters. The molecule has 1 saturated heterocycles. The number of carbonyl (C=O) groups excluding carboxylic acids is 2. The lowest BCUT2D eigenvalue weighted by Gasteiger charge is -2.34. The first kappa shape index (κ1) is 28.7. The largest absolute Gasteiger partial charge is 0.452 e. The van der Waals surface area contributed by atoms with Crippen LogP contribution in [0.25, 0.3) is 22.4 Å². The summed E-state index contributed by atoms with van der Waals surface area (Å²) in [5, 5.41) is 4.87. The fourth-order valence-corrected chi connectivity index (χ4v) is 7.49. The number of nitrogens with zero attached hydrogens (tertiary/aromatic N) is 2. The SMILES string of the molecule is CC1CC(C)CN(S(=O)(=O)c2cccc(C(=O)OCC(=O)Nc3nc(-c4ccc(-c5ccccc5)cc4)cs3)c2)C1. The molecular formula is C31H31N3O5S2. The smallest absolute Gasteiger partial charge is 0.338 e. The van der Waals surface area contributed by atoms with E-state index >= 15 is 0 Å². The molecule has 0 bridgehead atoms. The van der Waals surface area contributed by atoms with Crippen LogP contribution >= 0.6 is 11.3 Å². The highest BCUT2D eigenvalue weighted by Crippen LogP contribution is 2.29. The van der Waals surface area contributed by atoms with E-state index in [2.05, 4.69) is 10.3 Å². The van der Waals surface area contributed by atoms with E-state index in [-0.39, 0.29) is 22.3 Å². The molecule has 5 rings (SSSR count). The summed E-state index contributed by atoms with van der Waals surface area (Å²) < 4.78 is 33.1. The number of benzene rings is 3. The molecule has 10 heteroatoms. The fraction of sp³-hybridized carbons (Fsp3) is 0.258. The van der Waals surface area contributed by atoms with Gasteiger partial charge in [0.2, 0.25) is 10.0 Å². The molecule has 1 N–H and O–H groups in total. The van der Waals surface area contributed by atoms with Crippen LogP contribution in [0.4, 0.5) is 5.13 Å². The number of amides is 1. The predicted molar refractivity (Wildman–Crippen MR) is 160 cm³/mol. The van der Waals surface area contributed by atoms with Crippen molar-refractivity contribution in [2.75, 3.05) is 25.0 Å². The number of sulfonamides is 1. The van der Waals surface area contributed by atoms with E-state index in [9.17, 15) is 18.0 Å². The first-order valence-corrected chi connectivity index (χ1v) is 15.7. The third-order valence-electron chi connectivity index (χ3n) is 6.92. The summed E-state index contributed by atoms with van der Waals surface area (Å²) in [4.78, 5) is 29.6. The van der Waals surface area contributed by atoms with Crippen LogP contribution in [0.2, 0.25) is 0 Å². The van der Waals surface area contributed by atoms with Crippen LogP contribution in [-0.2, 0) is 19.6 Å². The Kier molecular flexibility index (Phi) is 8.63. The average Bonchev–Trinajstić information content (AvgIpc) is 3.44. The normalized spacial score (nSPS) is 17.6. The lowest BCUT2D eigenvalue weighted by atomic mass is 9.94. The zero-order valence-electron chi connectivity index (χ0n) is 22.8. The van der Waals surface area contributed by atoms with Gasteiger partial charge in [-0.2, -0.15) is 4.31 Å². The Morgan fingerprint density at radius 3 is 2.29 bits per heavy atom. The molecule has 2 heterocycles. The van der Waals surface area contributed by atoms with E-state index in [1.807, 2.05) is 73.8 Å². The van der Waals surface area contributed by atoms with E-state index < -0.39 is 28.5 Å². The van der Waals surface area contributed by atoms with E-state index in [1.54, 1.807) is 0 Å². The maximum absolute atomic E-state index is 13.2. The molecule has 2 atom stereocenters. The van der Waals surface area contributed by atoms with Crippen LogP contribution in [0.1, 0.15) is 30.6 Å². The number of piperidine rings is 1. The molecule has 8 nitrogen and oxygen atoms in total. The fourth-order valence-electron chi connectivity index (χ4n) is 5.03. The summed E-state index contributed by atoms with van der Waals surface area (Å²) in [6.45, 7) is 4.43. The van der Waals surface area contributed by atoms with Crippen LogP contribution in [0.5, 0.6) is 0 Å². The van der Waals surface area contributed by atoms with E-state index in [1.165, 1.54) is 39.9 Å². The van der Waals surface area contributed by atoms with Crippen molar-refractivity contribution in [1.29, 1.82) is 0 Å². The minimum atomic E-state index is -3.75. The molecule has 1 aliphatic heterocycles. The van der Waals surface area contributed by atoms with E-state index in [4.69, 9.17) is 4.74 Å². The summed E-state index contributed by atoms with van der Waals surface area (Å²) in [6, 6.07) is 23.8. The van der Waals surface area contributed by atoms with Crippen LogP contribution in [0.15, 0.2) is 89.1 Å². The Bertz CT molecular complexity index is 1630. The number of hydrogen-bond donors (Lipinski definition) is 1.